The van der Waals surface area contributed by atoms with Crippen LogP contribution in [0.15, 0.2) is 22.7 Å². The molecule has 1 fully saturated rings. The van der Waals surface area contributed by atoms with Gasteiger partial charge in [-0.25, -0.2) is 0 Å². The molecule has 0 saturated carbocycles. The predicted octanol–water partition coefficient (Wildman–Crippen LogP) is 0.559. The van der Waals surface area contributed by atoms with Gasteiger partial charge in [0.25, 0.3) is 5.91 Å². The summed E-state index contributed by atoms with van der Waals surface area (Å²) >= 11 is 3.17. The van der Waals surface area contributed by atoms with E-state index in [0.717, 1.165) is 0 Å². The van der Waals surface area contributed by atoms with E-state index in [2.05, 4.69) is 21.2 Å². The number of likely N-dealkylation sites (N-methyl/N-ethyl adjacent to an activating group) is 1. The molecule has 1 amide bonds. The van der Waals surface area contributed by atoms with Crippen molar-refractivity contribution < 1.29 is 15.0 Å². The van der Waals surface area contributed by atoms with E-state index in [0.29, 0.717) is 23.1 Å². The summed E-state index contributed by atoms with van der Waals surface area (Å²) in [7, 11) is 1.66. The summed E-state index contributed by atoms with van der Waals surface area (Å²) in [6.07, 6.45) is -0.553. The maximum Gasteiger partial charge on any atom is 0.254 e. The molecular weight excluding hydrogens is 300 g/mol. The minimum absolute atomic E-state index is 0.0272. The van der Waals surface area contributed by atoms with Crippen LogP contribution in [0.1, 0.15) is 10.4 Å². The van der Waals surface area contributed by atoms with Crippen molar-refractivity contribution in [1.82, 2.24) is 10.2 Å². The number of aliphatic hydroxyl groups is 1. The minimum Gasteiger partial charge on any atom is -0.507 e. The van der Waals surface area contributed by atoms with E-state index in [1.165, 1.54) is 11.0 Å². The van der Waals surface area contributed by atoms with Gasteiger partial charge in [-0.05, 0) is 34.1 Å². The Balaban J connectivity index is 2.17. The van der Waals surface area contributed by atoms with Crippen LogP contribution in [0.2, 0.25) is 0 Å². The number of aromatic hydroxyl groups is 1. The average Bonchev–Trinajstić information content (AvgIpc) is 2.77. The van der Waals surface area contributed by atoms with E-state index in [1.54, 1.807) is 19.2 Å². The third-order valence-corrected chi connectivity index (χ3v) is 3.83. The van der Waals surface area contributed by atoms with Crippen LogP contribution in [-0.2, 0) is 0 Å². The lowest BCUT2D eigenvalue weighted by Gasteiger charge is -2.26. The van der Waals surface area contributed by atoms with Crippen molar-refractivity contribution in [1.29, 1.82) is 0 Å². The molecule has 0 unspecified atom stereocenters. The van der Waals surface area contributed by atoms with Crippen LogP contribution in [0.25, 0.3) is 0 Å². The lowest BCUT2D eigenvalue weighted by Crippen LogP contribution is -2.44. The average molecular weight is 315 g/mol. The number of carbonyl (C=O) groups excluding carboxylic acids is 1. The van der Waals surface area contributed by atoms with Gasteiger partial charge < -0.3 is 20.4 Å². The number of nitrogens with one attached hydrogen (secondary N) is 1. The molecule has 1 saturated heterocycles. The highest BCUT2D eigenvalue weighted by atomic mass is 79.9. The highest BCUT2D eigenvalue weighted by Crippen LogP contribution is 2.25. The minimum atomic E-state index is -0.553. The van der Waals surface area contributed by atoms with Gasteiger partial charge in [0.1, 0.15) is 5.75 Å². The fraction of sp³-hybridized carbons (Fsp3) is 0.417. The first-order valence-electron chi connectivity index (χ1n) is 5.65. The zero-order chi connectivity index (χ0) is 13.3. The van der Waals surface area contributed by atoms with Gasteiger partial charge in [-0.1, -0.05) is 0 Å². The van der Waals surface area contributed by atoms with Crippen LogP contribution in [-0.4, -0.2) is 53.3 Å². The van der Waals surface area contributed by atoms with E-state index in [4.69, 9.17) is 0 Å². The number of carbonyl (C=O) groups is 1. The molecule has 1 aromatic rings. The summed E-state index contributed by atoms with van der Waals surface area (Å²) < 4.78 is 0.546. The van der Waals surface area contributed by atoms with Gasteiger partial charge in [0.05, 0.1) is 16.6 Å². The lowest BCUT2D eigenvalue weighted by molar-refractivity contribution is 0.0581. The number of phenols is 1. The van der Waals surface area contributed by atoms with E-state index < -0.39 is 6.10 Å². The first kappa shape index (κ1) is 13.3. The molecule has 6 heteroatoms. The van der Waals surface area contributed by atoms with Crippen LogP contribution in [0, 0.1) is 0 Å². The fourth-order valence-electron chi connectivity index (χ4n) is 2.05. The second kappa shape index (κ2) is 5.26. The summed E-state index contributed by atoms with van der Waals surface area (Å²) in [5.74, 6) is -0.190. The Labute approximate surface area is 114 Å². The predicted molar refractivity (Wildman–Crippen MR) is 70.6 cm³/mol. The third kappa shape index (κ3) is 2.50. The summed E-state index contributed by atoms with van der Waals surface area (Å²) in [4.78, 5) is 13.7. The van der Waals surface area contributed by atoms with E-state index in [-0.39, 0.29) is 17.7 Å². The van der Waals surface area contributed by atoms with Crippen molar-refractivity contribution in [2.75, 3.05) is 20.1 Å². The summed E-state index contributed by atoms with van der Waals surface area (Å²) in [6, 6.07) is 4.44. The first-order valence-corrected chi connectivity index (χ1v) is 6.44. The molecule has 1 aromatic carbocycles. The standard InChI is InChI=1S/C12H15BrN2O3/c1-15(9-5-14-6-11(9)17)12(18)7-2-3-8(13)10(16)4-7/h2-4,9,11,14,16-17H,5-6H2,1H3/t9-,11-/m1/s1. The number of benzene rings is 1. The molecule has 1 aliphatic rings. The van der Waals surface area contributed by atoms with Crippen LogP contribution >= 0.6 is 15.9 Å². The van der Waals surface area contributed by atoms with Crippen molar-refractivity contribution in [3.8, 4) is 5.75 Å². The van der Waals surface area contributed by atoms with Crippen molar-refractivity contribution in [3.63, 3.8) is 0 Å². The fourth-order valence-corrected chi connectivity index (χ4v) is 2.29. The van der Waals surface area contributed by atoms with Gasteiger partial charge in [0.15, 0.2) is 0 Å². The zero-order valence-corrected chi connectivity index (χ0v) is 11.5. The lowest BCUT2D eigenvalue weighted by atomic mass is 10.1. The quantitative estimate of drug-likeness (QED) is 0.746. The van der Waals surface area contributed by atoms with Gasteiger partial charge in [0, 0.05) is 25.7 Å². The SMILES string of the molecule is CN(C(=O)c1ccc(Br)c(O)c1)[C@@H]1CNC[C@H]1O. The van der Waals surface area contributed by atoms with E-state index >= 15 is 0 Å². The van der Waals surface area contributed by atoms with E-state index in [9.17, 15) is 15.0 Å². The molecule has 18 heavy (non-hydrogen) atoms. The number of rotatable bonds is 2. The van der Waals surface area contributed by atoms with Crippen molar-refractivity contribution in [2.45, 2.75) is 12.1 Å². The largest absolute Gasteiger partial charge is 0.507 e. The maximum absolute atomic E-state index is 12.2. The Hall–Kier alpha value is -1.11. The number of amides is 1. The summed E-state index contributed by atoms with van der Waals surface area (Å²) in [6.45, 7) is 1.07. The molecule has 2 atom stereocenters. The number of phenolic OH excluding ortho intramolecular Hbond substituents is 1. The molecule has 0 bridgehead atoms. The number of hydrogen-bond donors (Lipinski definition) is 3. The zero-order valence-electron chi connectivity index (χ0n) is 9.93. The topological polar surface area (TPSA) is 72.8 Å². The monoisotopic (exact) mass is 314 g/mol. The molecule has 98 valence electrons. The molecule has 1 heterocycles. The van der Waals surface area contributed by atoms with Crippen molar-refractivity contribution in [3.05, 3.63) is 28.2 Å². The number of aliphatic hydroxyl groups excluding tert-OH is 1. The Morgan fingerprint density at radius 1 is 1.50 bits per heavy atom. The Kier molecular flexibility index (Phi) is 3.89. The van der Waals surface area contributed by atoms with Gasteiger partial charge in [-0.15, -0.1) is 0 Å². The van der Waals surface area contributed by atoms with Gasteiger partial charge in [0.2, 0.25) is 0 Å². The van der Waals surface area contributed by atoms with Gasteiger partial charge >= 0.3 is 0 Å². The number of nitrogens with zero attached hydrogens (tertiary/aromatic N) is 1. The van der Waals surface area contributed by atoms with Gasteiger partial charge in [-0.3, -0.25) is 4.79 Å². The second-order valence-corrected chi connectivity index (χ2v) is 5.23. The van der Waals surface area contributed by atoms with Crippen LogP contribution in [0.3, 0.4) is 0 Å². The molecule has 5 nitrogen and oxygen atoms in total. The Morgan fingerprint density at radius 3 is 2.78 bits per heavy atom. The molecule has 0 radical (unpaired) electrons. The highest BCUT2D eigenvalue weighted by Gasteiger charge is 2.31. The Bertz CT molecular complexity index is 467. The van der Waals surface area contributed by atoms with Crippen LogP contribution < -0.4 is 5.32 Å². The smallest absolute Gasteiger partial charge is 0.254 e. The van der Waals surface area contributed by atoms with E-state index in [1.807, 2.05) is 0 Å². The first-order chi connectivity index (χ1) is 8.50. The van der Waals surface area contributed by atoms with Crippen LogP contribution in [0.4, 0.5) is 0 Å². The van der Waals surface area contributed by atoms with Crippen molar-refractivity contribution >= 4 is 21.8 Å². The van der Waals surface area contributed by atoms with Gasteiger partial charge in [-0.2, -0.15) is 0 Å². The van der Waals surface area contributed by atoms with Crippen molar-refractivity contribution in [2.24, 2.45) is 0 Å². The van der Waals surface area contributed by atoms with Crippen LogP contribution in [0.5, 0.6) is 5.75 Å². The molecule has 3 N–H and O–H groups in total. The summed E-state index contributed by atoms with van der Waals surface area (Å²) in [5.41, 5.74) is 0.400. The highest BCUT2D eigenvalue weighted by molar-refractivity contribution is 9.10. The maximum atomic E-state index is 12.2. The summed E-state index contributed by atoms with van der Waals surface area (Å²) in [5, 5.41) is 22.3. The third-order valence-electron chi connectivity index (χ3n) is 3.16. The Morgan fingerprint density at radius 2 is 2.22 bits per heavy atom. The molecule has 2 rings (SSSR count). The second-order valence-electron chi connectivity index (χ2n) is 4.38. The normalized spacial score (nSPS) is 23.1. The molecular formula is C12H15BrN2O3. The molecule has 0 spiro atoms. The molecule has 0 aliphatic carbocycles. The number of hydrogen-bond acceptors (Lipinski definition) is 4. The molecule has 1 aliphatic heterocycles. The molecule has 0 aromatic heterocycles. The number of β-amino-alcohol motifs (C(OH)–C–C–N with tert-alkyl or cyclic N) is 1. The number of halogens is 1.